The molecule has 2 fully saturated rings. The van der Waals surface area contributed by atoms with E-state index in [1.54, 1.807) is 0 Å². The standard InChI is InChI=1S/C20H25N3O2.C19H23N3O2/c1-20(2)13-22(11-15-8-9-15)19(24)18-10-16(21-23(18)14-20)12-25-17-6-4-3-5-7-17;1-14-10-21(12-15-7-8-15)19(23)18-9-16(20-22(18)11-14)13-24-17-5-3-2-4-6-17/h3-7,10,15H,8-9,11-14H2,1-2H3;2-6,9,14-15H,7-8,10-13H2,1H3. The highest BCUT2D eigenvalue weighted by molar-refractivity contribution is 5.93. The Morgan fingerprint density at radius 3 is 1.71 bits per heavy atom. The normalized spacial score (nSPS) is 20.0. The molecule has 4 aromatic rings. The zero-order valence-corrected chi connectivity index (χ0v) is 29.0. The van der Waals surface area contributed by atoms with Crippen molar-refractivity contribution < 1.29 is 19.1 Å². The smallest absolute Gasteiger partial charge is 0.272 e. The molecule has 8 rings (SSSR count). The number of aromatic nitrogens is 4. The lowest BCUT2D eigenvalue weighted by molar-refractivity contribution is 0.0692. The maximum absolute atomic E-state index is 13.0. The van der Waals surface area contributed by atoms with Gasteiger partial charge in [0.1, 0.15) is 47.5 Å². The maximum Gasteiger partial charge on any atom is 0.272 e. The average molecular weight is 665 g/mol. The fourth-order valence-electron chi connectivity index (χ4n) is 6.74. The molecule has 2 saturated carbocycles. The van der Waals surface area contributed by atoms with E-state index >= 15 is 0 Å². The Morgan fingerprint density at radius 2 is 1.16 bits per heavy atom. The van der Waals surface area contributed by atoms with Gasteiger partial charge in [-0.3, -0.25) is 19.0 Å². The van der Waals surface area contributed by atoms with Gasteiger partial charge in [-0.25, -0.2) is 0 Å². The molecule has 4 aliphatic rings. The Hall–Kier alpha value is -4.60. The molecule has 10 heteroatoms. The summed E-state index contributed by atoms with van der Waals surface area (Å²) in [6.07, 6.45) is 5.01. The highest BCUT2D eigenvalue weighted by atomic mass is 16.5. The van der Waals surface area contributed by atoms with Gasteiger partial charge in [0.05, 0.1) is 0 Å². The first-order valence-electron chi connectivity index (χ1n) is 17.8. The number of para-hydroxylation sites is 2. The van der Waals surface area contributed by atoms with Crippen LogP contribution in [0, 0.1) is 23.2 Å². The molecule has 0 saturated heterocycles. The average Bonchev–Trinajstić information content (AvgIpc) is 4.02. The van der Waals surface area contributed by atoms with E-state index in [4.69, 9.17) is 9.47 Å². The van der Waals surface area contributed by atoms with Gasteiger partial charge >= 0.3 is 0 Å². The fraction of sp³-hybridized carbons (Fsp3) is 0.487. The highest BCUT2D eigenvalue weighted by Crippen LogP contribution is 2.34. The van der Waals surface area contributed by atoms with Crippen molar-refractivity contribution in [3.63, 3.8) is 0 Å². The van der Waals surface area contributed by atoms with Gasteiger partial charge in [0.2, 0.25) is 0 Å². The molecule has 2 aromatic heterocycles. The molecule has 0 bridgehead atoms. The molecular weight excluding hydrogens is 616 g/mol. The molecule has 1 atom stereocenters. The third-order valence-corrected chi connectivity index (χ3v) is 9.50. The summed E-state index contributed by atoms with van der Waals surface area (Å²) in [5.74, 6) is 3.66. The van der Waals surface area contributed by atoms with Gasteiger partial charge in [-0.05, 0) is 79.8 Å². The Balaban J connectivity index is 0.000000154. The molecule has 1 unspecified atom stereocenters. The number of amides is 2. The predicted octanol–water partition coefficient (Wildman–Crippen LogP) is 6.32. The molecule has 2 aromatic carbocycles. The first-order chi connectivity index (χ1) is 23.7. The molecule has 2 aliphatic heterocycles. The van der Waals surface area contributed by atoms with Crippen LogP contribution < -0.4 is 9.47 Å². The van der Waals surface area contributed by atoms with Crippen molar-refractivity contribution in [3.05, 3.63) is 95.6 Å². The van der Waals surface area contributed by atoms with Crippen LogP contribution in [0.4, 0.5) is 0 Å². The van der Waals surface area contributed by atoms with Gasteiger partial charge in [-0.1, -0.05) is 57.2 Å². The first-order valence-corrected chi connectivity index (χ1v) is 17.8. The molecule has 4 heterocycles. The Labute approximate surface area is 289 Å². The summed E-state index contributed by atoms with van der Waals surface area (Å²) in [6.45, 7) is 12.3. The van der Waals surface area contributed by atoms with Crippen LogP contribution in [-0.2, 0) is 26.3 Å². The van der Waals surface area contributed by atoms with E-state index in [1.807, 2.05) is 92.0 Å². The van der Waals surface area contributed by atoms with E-state index in [1.165, 1.54) is 25.7 Å². The molecule has 10 nitrogen and oxygen atoms in total. The second-order valence-electron chi connectivity index (χ2n) is 15.1. The Morgan fingerprint density at radius 1 is 0.673 bits per heavy atom. The minimum Gasteiger partial charge on any atom is -0.487 e. The van der Waals surface area contributed by atoms with E-state index < -0.39 is 0 Å². The zero-order valence-electron chi connectivity index (χ0n) is 29.0. The van der Waals surface area contributed by atoms with Crippen molar-refractivity contribution in [3.8, 4) is 11.5 Å². The number of nitrogens with zero attached hydrogens (tertiary/aromatic N) is 6. The van der Waals surface area contributed by atoms with Gasteiger partial charge in [0.25, 0.3) is 11.8 Å². The van der Waals surface area contributed by atoms with Crippen LogP contribution in [-0.4, -0.2) is 67.4 Å². The summed E-state index contributed by atoms with van der Waals surface area (Å²) in [6, 6.07) is 23.2. The summed E-state index contributed by atoms with van der Waals surface area (Å²) in [4.78, 5) is 29.9. The summed E-state index contributed by atoms with van der Waals surface area (Å²) >= 11 is 0. The van der Waals surface area contributed by atoms with Crippen molar-refractivity contribution in [1.82, 2.24) is 29.4 Å². The molecule has 258 valence electrons. The van der Waals surface area contributed by atoms with Gasteiger partial charge in [0, 0.05) is 44.7 Å². The third-order valence-electron chi connectivity index (χ3n) is 9.50. The molecule has 2 aliphatic carbocycles. The predicted molar refractivity (Wildman–Crippen MR) is 186 cm³/mol. The van der Waals surface area contributed by atoms with Crippen molar-refractivity contribution in [1.29, 1.82) is 0 Å². The maximum atomic E-state index is 13.0. The summed E-state index contributed by atoms with van der Waals surface area (Å²) in [7, 11) is 0. The van der Waals surface area contributed by atoms with E-state index in [2.05, 4.69) is 31.0 Å². The number of benzene rings is 2. The Bertz CT molecular complexity index is 1740. The highest BCUT2D eigenvalue weighted by Gasteiger charge is 2.37. The SMILES string of the molecule is CC1(C)CN(CC2CC2)C(=O)c2cc(COc3ccccc3)nn2C1.CC1CN(CC2CC2)C(=O)c2cc(COc3ccccc3)nn2C1. The lowest BCUT2D eigenvalue weighted by Gasteiger charge is -2.29. The monoisotopic (exact) mass is 664 g/mol. The van der Waals surface area contributed by atoms with Gasteiger partial charge < -0.3 is 19.3 Å². The number of fused-ring (bicyclic) bond motifs is 2. The van der Waals surface area contributed by atoms with Gasteiger partial charge in [-0.15, -0.1) is 0 Å². The van der Waals surface area contributed by atoms with E-state index in [-0.39, 0.29) is 17.2 Å². The molecular formula is C39H48N6O4. The lowest BCUT2D eigenvalue weighted by Crippen LogP contribution is -2.38. The number of carbonyl (C=O) groups excluding carboxylic acids is 2. The van der Waals surface area contributed by atoms with E-state index in [9.17, 15) is 9.59 Å². The number of rotatable bonds is 10. The second kappa shape index (κ2) is 14.1. The fourth-order valence-corrected chi connectivity index (χ4v) is 6.74. The van der Waals surface area contributed by atoms with Crippen LogP contribution in [0.1, 0.15) is 78.8 Å². The molecule has 0 radical (unpaired) electrons. The second-order valence-corrected chi connectivity index (χ2v) is 15.1. The number of hydrogen-bond donors (Lipinski definition) is 0. The van der Waals surface area contributed by atoms with E-state index in [0.29, 0.717) is 42.4 Å². The summed E-state index contributed by atoms with van der Waals surface area (Å²) in [5.41, 5.74) is 3.02. The van der Waals surface area contributed by atoms with Gasteiger partial charge in [0.15, 0.2) is 0 Å². The zero-order chi connectivity index (χ0) is 34.0. The number of ether oxygens (including phenoxy) is 2. The van der Waals surface area contributed by atoms with Crippen LogP contribution in [0.5, 0.6) is 11.5 Å². The molecule has 2 amide bonds. The lowest BCUT2D eigenvalue weighted by atomic mass is 9.93. The van der Waals surface area contributed by atoms with E-state index in [0.717, 1.165) is 62.2 Å². The summed E-state index contributed by atoms with van der Waals surface area (Å²) < 4.78 is 15.3. The van der Waals surface area contributed by atoms with Gasteiger partial charge in [-0.2, -0.15) is 10.2 Å². The van der Waals surface area contributed by atoms with Crippen molar-refractivity contribution in [2.24, 2.45) is 23.2 Å². The molecule has 0 N–H and O–H groups in total. The third kappa shape index (κ3) is 8.53. The van der Waals surface area contributed by atoms with Crippen LogP contribution in [0.15, 0.2) is 72.8 Å². The van der Waals surface area contributed by atoms with Crippen molar-refractivity contribution in [2.75, 3.05) is 26.2 Å². The van der Waals surface area contributed by atoms with Crippen molar-refractivity contribution >= 4 is 11.8 Å². The van der Waals surface area contributed by atoms with Crippen LogP contribution in [0.3, 0.4) is 0 Å². The quantitative estimate of drug-likeness (QED) is 0.197. The minimum absolute atomic E-state index is 0.0133. The van der Waals surface area contributed by atoms with Crippen LogP contribution in [0.2, 0.25) is 0 Å². The van der Waals surface area contributed by atoms with Crippen LogP contribution in [0.25, 0.3) is 0 Å². The molecule has 49 heavy (non-hydrogen) atoms. The first kappa shape index (κ1) is 32.9. The topological polar surface area (TPSA) is 94.7 Å². The summed E-state index contributed by atoms with van der Waals surface area (Å²) in [5, 5.41) is 9.25. The number of carbonyl (C=O) groups is 2. The number of hydrogen-bond acceptors (Lipinski definition) is 6. The minimum atomic E-state index is 0.0133. The van der Waals surface area contributed by atoms with Crippen molar-refractivity contribution in [2.45, 2.75) is 72.8 Å². The molecule has 0 spiro atoms. The largest absolute Gasteiger partial charge is 0.487 e. The van der Waals surface area contributed by atoms with Crippen LogP contribution >= 0.6 is 0 Å². The Kier molecular flexibility index (Phi) is 9.47.